The Labute approximate surface area is 154 Å². The van der Waals surface area contributed by atoms with Gasteiger partial charge in [-0.25, -0.2) is 4.79 Å². The van der Waals surface area contributed by atoms with Crippen LogP contribution in [0, 0.1) is 0 Å². The lowest BCUT2D eigenvalue weighted by Gasteiger charge is -2.33. The van der Waals surface area contributed by atoms with Gasteiger partial charge in [0.1, 0.15) is 0 Å². The van der Waals surface area contributed by atoms with E-state index in [1.807, 2.05) is 12.1 Å². The summed E-state index contributed by atoms with van der Waals surface area (Å²) in [5.74, 6) is -1.26. The van der Waals surface area contributed by atoms with Gasteiger partial charge in [0, 0.05) is 31.9 Å². The molecule has 7 heteroatoms. The number of hydrogen-bond acceptors (Lipinski definition) is 4. The molecule has 1 fully saturated rings. The van der Waals surface area contributed by atoms with Crippen molar-refractivity contribution >= 4 is 23.6 Å². The van der Waals surface area contributed by atoms with Crippen molar-refractivity contribution in [2.24, 2.45) is 0 Å². The largest absolute Gasteiger partial charge is 0.450 e. The molecule has 0 atom stereocenters. The number of anilines is 1. The third kappa shape index (κ3) is 4.97. The molecule has 7 nitrogen and oxygen atoms in total. The highest BCUT2D eigenvalue weighted by Crippen LogP contribution is 2.23. The zero-order valence-corrected chi connectivity index (χ0v) is 15.9. The summed E-state index contributed by atoms with van der Waals surface area (Å²) in [5.41, 5.74) is 1.76. The fourth-order valence-electron chi connectivity index (χ4n) is 2.69. The third-order valence-electron chi connectivity index (χ3n) is 4.30. The molecule has 0 aromatic heterocycles. The predicted molar refractivity (Wildman–Crippen MR) is 98.9 cm³/mol. The van der Waals surface area contributed by atoms with Crippen molar-refractivity contribution in [1.82, 2.24) is 9.80 Å². The number of nitrogens with zero attached hydrogens (tertiary/aromatic N) is 2. The van der Waals surface area contributed by atoms with Crippen LogP contribution in [-0.2, 0) is 19.7 Å². The quantitative estimate of drug-likeness (QED) is 0.819. The molecule has 1 N–H and O–H groups in total. The number of hydrogen-bond donors (Lipinski definition) is 1. The standard InChI is InChI=1S/C19H27N3O4/c1-5-26-18(25)22-12-10-21(11-13-22)17(24)16(23)20-15-8-6-14(7-9-15)19(2,3)4/h6-9H,5,10-13H2,1-4H3,(H,20,23). The van der Waals surface area contributed by atoms with Crippen molar-refractivity contribution in [2.75, 3.05) is 38.1 Å². The Kier molecular flexibility index (Phi) is 6.23. The Morgan fingerprint density at radius 3 is 2.04 bits per heavy atom. The molecule has 0 spiro atoms. The van der Waals surface area contributed by atoms with Gasteiger partial charge in [0.25, 0.3) is 0 Å². The second-order valence-corrected chi connectivity index (χ2v) is 7.26. The highest BCUT2D eigenvalue weighted by molar-refractivity contribution is 6.39. The number of ether oxygens (including phenoxy) is 1. The number of amides is 3. The fourth-order valence-corrected chi connectivity index (χ4v) is 2.69. The lowest BCUT2D eigenvalue weighted by atomic mass is 9.87. The Hall–Kier alpha value is -2.57. The minimum absolute atomic E-state index is 0.0248. The van der Waals surface area contributed by atoms with Crippen LogP contribution in [0.2, 0.25) is 0 Å². The first kappa shape index (κ1) is 19.8. The normalized spacial score (nSPS) is 14.8. The van der Waals surface area contributed by atoms with Gasteiger partial charge < -0.3 is 19.9 Å². The maximum Gasteiger partial charge on any atom is 0.409 e. The molecule has 3 amide bonds. The van der Waals surface area contributed by atoms with Gasteiger partial charge in [-0.15, -0.1) is 0 Å². The molecule has 0 aliphatic carbocycles. The van der Waals surface area contributed by atoms with E-state index in [-0.39, 0.29) is 11.5 Å². The maximum absolute atomic E-state index is 12.3. The molecule has 1 heterocycles. The lowest BCUT2D eigenvalue weighted by molar-refractivity contribution is -0.144. The molecule has 1 saturated heterocycles. The zero-order valence-electron chi connectivity index (χ0n) is 15.9. The zero-order chi connectivity index (χ0) is 19.3. The molecule has 0 unspecified atom stereocenters. The van der Waals surface area contributed by atoms with Crippen molar-refractivity contribution in [1.29, 1.82) is 0 Å². The van der Waals surface area contributed by atoms with E-state index in [2.05, 4.69) is 26.1 Å². The summed E-state index contributed by atoms with van der Waals surface area (Å²) in [6.45, 7) is 9.74. The summed E-state index contributed by atoms with van der Waals surface area (Å²) < 4.78 is 4.94. The first-order valence-electron chi connectivity index (χ1n) is 8.85. The number of piperazine rings is 1. The van der Waals surface area contributed by atoms with E-state index in [1.165, 1.54) is 9.80 Å². The van der Waals surface area contributed by atoms with Gasteiger partial charge in [0.2, 0.25) is 0 Å². The number of carbonyl (C=O) groups excluding carboxylic acids is 3. The van der Waals surface area contributed by atoms with Gasteiger partial charge in [-0.1, -0.05) is 32.9 Å². The number of benzene rings is 1. The van der Waals surface area contributed by atoms with Crippen LogP contribution >= 0.6 is 0 Å². The van der Waals surface area contributed by atoms with Gasteiger partial charge in [-0.2, -0.15) is 0 Å². The highest BCUT2D eigenvalue weighted by atomic mass is 16.6. The average Bonchev–Trinajstić information content (AvgIpc) is 2.61. The van der Waals surface area contributed by atoms with E-state index < -0.39 is 11.8 Å². The molecule has 1 aliphatic rings. The SMILES string of the molecule is CCOC(=O)N1CCN(C(=O)C(=O)Nc2ccc(C(C)(C)C)cc2)CC1. The van der Waals surface area contributed by atoms with Gasteiger partial charge in [0.05, 0.1) is 6.61 Å². The minimum Gasteiger partial charge on any atom is -0.450 e. The van der Waals surface area contributed by atoms with Gasteiger partial charge in [0.15, 0.2) is 0 Å². The summed E-state index contributed by atoms with van der Waals surface area (Å²) in [5, 5.41) is 2.64. The minimum atomic E-state index is -0.668. The number of rotatable bonds is 2. The van der Waals surface area contributed by atoms with E-state index in [4.69, 9.17) is 4.74 Å². The Balaban J connectivity index is 1.88. The van der Waals surface area contributed by atoms with Crippen LogP contribution in [-0.4, -0.2) is 60.5 Å². The third-order valence-corrected chi connectivity index (χ3v) is 4.30. The van der Waals surface area contributed by atoms with Crippen LogP contribution in [0.5, 0.6) is 0 Å². The monoisotopic (exact) mass is 361 g/mol. The van der Waals surface area contributed by atoms with E-state index in [0.717, 1.165) is 5.56 Å². The van der Waals surface area contributed by atoms with E-state index in [9.17, 15) is 14.4 Å². The molecule has 26 heavy (non-hydrogen) atoms. The van der Waals surface area contributed by atoms with Gasteiger partial charge >= 0.3 is 17.9 Å². The molecule has 1 aromatic carbocycles. The summed E-state index contributed by atoms with van der Waals surface area (Å²) in [6.07, 6.45) is -0.386. The van der Waals surface area contributed by atoms with Crippen molar-refractivity contribution < 1.29 is 19.1 Å². The van der Waals surface area contributed by atoms with Crippen LogP contribution in [0.3, 0.4) is 0 Å². The first-order chi connectivity index (χ1) is 12.2. The predicted octanol–water partition coefficient (Wildman–Crippen LogP) is 2.22. The summed E-state index contributed by atoms with van der Waals surface area (Å²) in [6, 6.07) is 7.48. The Bertz CT molecular complexity index is 656. The molecule has 1 aromatic rings. The van der Waals surface area contributed by atoms with Gasteiger partial charge in [-0.3, -0.25) is 9.59 Å². The smallest absolute Gasteiger partial charge is 0.409 e. The Morgan fingerprint density at radius 2 is 1.54 bits per heavy atom. The second-order valence-electron chi connectivity index (χ2n) is 7.26. The van der Waals surface area contributed by atoms with Crippen molar-refractivity contribution in [3.05, 3.63) is 29.8 Å². The fraction of sp³-hybridized carbons (Fsp3) is 0.526. The molecule has 0 saturated carbocycles. The summed E-state index contributed by atoms with van der Waals surface area (Å²) in [7, 11) is 0. The highest BCUT2D eigenvalue weighted by Gasteiger charge is 2.28. The Morgan fingerprint density at radius 1 is 1.00 bits per heavy atom. The lowest BCUT2D eigenvalue weighted by Crippen LogP contribution is -2.53. The molecule has 142 valence electrons. The average molecular weight is 361 g/mol. The first-order valence-corrected chi connectivity index (χ1v) is 8.85. The number of nitrogens with one attached hydrogen (secondary N) is 1. The summed E-state index contributed by atoms with van der Waals surface area (Å²) in [4.78, 5) is 39.2. The number of carbonyl (C=O) groups is 3. The van der Waals surface area contributed by atoms with Crippen LogP contribution in [0.4, 0.5) is 10.5 Å². The molecule has 1 aliphatic heterocycles. The van der Waals surface area contributed by atoms with Crippen LogP contribution in [0.25, 0.3) is 0 Å². The van der Waals surface area contributed by atoms with E-state index >= 15 is 0 Å². The molecule has 0 radical (unpaired) electrons. The van der Waals surface area contributed by atoms with Crippen molar-refractivity contribution in [2.45, 2.75) is 33.1 Å². The van der Waals surface area contributed by atoms with Gasteiger partial charge in [-0.05, 0) is 30.0 Å². The second kappa shape index (κ2) is 8.21. The van der Waals surface area contributed by atoms with E-state index in [1.54, 1.807) is 19.1 Å². The van der Waals surface area contributed by atoms with Crippen LogP contribution in [0.15, 0.2) is 24.3 Å². The van der Waals surface area contributed by atoms with Crippen LogP contribution in [0.1, 0.15) is 33.3 Å². The molecular weight excluding hydrogens is 334 g/mol. The van der Waals surface area contributed by atoms with Crippen molar-refractivity contribution in [3.8, 4) is 0 Å². The molecule has 2 rings (SSSR count). The van der Waals surface area contributed by atoms with Crippen molar-refractivity contribution in [3.63, 3.8) is 0 Å². The van der Waals surface area contributed by atoms with Crippen LogP contribution < -0.4 is 5.32 Å². The summed E-state index contributed by atoms with van der Waals surface area (Å²) >= 11 is 0. The maximum atomic E-state index is 12.3. The molecule has 0 bridgehead atoms. The van der Waals surface area contributed by atoms with E-state index in [0.29, 0.717) is 38.5 Å². The topological polar surface area (TPSA) is 79.0 Å². The molecular formula is C19H27N3O4.